The molecule has 0 saturated carbocycles. The van der Waals surface area contributed by atoms with Gasteiger partial charge in [0.1, 0.15) is 5.82 Å². The maximum Gasteiger partial charge on any atom is 0.360 e. The minimum Gasteiger partial charge on any atom is -0.464 e. The van der Waals surface area contributed by atoms with E-state index in [4.69, 9.17) is 23.2 Å². The van der Waals surface area contributed by atoms with Gasteiger partial charge in [-0.3, -0.25) is 0 Å². The molecule has 100 valence electrons. The lowest BCUT2D eigenvalue weighted by Gasteiger charge is -2.04. The number of carbonyl (C=O) groups excluding carboxylic acids is 1. The van der Waals surface area contributed by atoms with Gasteiger partial charge in [0.15, 0.2) is 5.69 Å². The summed E-state index contributed by atoms with van der Waals surface area (Å²) in [4.78, 5) is 11.5. The lowest BCUT2D eigenvalue weighted by atomic mass is 10.3. The van der Waals surface area contributed by atoms with E-state index in [1.165, 1.54) is 23.9 Å². The zero-order valence-corrected chi connectivity index (χ0v) is 11.6. The highest BCUT2D eigenvalue weighted by Gasteiger charge is 2.20. The molecule has 0 unspecified atom stereocenters. The molecule has 0 N–H and O–H groups in total. The topological polar surface area (TPSA) is 44.1 Å². The fourth-order valence-electron chi connectivity index (χ4n) is 1.58. The number of hydrogen-bond acceptors (Lipinski definition) is 3. The molecule has 1 aromatic carbocycles. The molecule has 1 aromatic heterocycles. The van der Waals surface area contributed by atoms with Crippen LogP contribution in [-0.4, -0.2) is 22.9 Å². The Morgan fingerprint density at radius 1 is 1.42 bits per heavy atom. The van der Waals surface area contributed by atoms with Gasteiger partial charge in [0, 0.05) is 6.07 Å². The molecule has 0 aliphatic carbocycles. The molecule has 19 heavy (non-hydrogen) atoms. The van der Waals surface area contributed by atoms with Gasteiger partial charge in [-0.15, -0.1) is 0 Å². The van der Waals surface area contributed by atoms with Crippen LogP contribution in [0.25, 0.3) is 5.69 Å². The average Bonchev–Trinajstić information content (AvgIpc) is 2.69. The van der Waals surface area contributed by atoms with Gasteiger partial charge in [-0.25, -0.2) is 13.9 Å². The predicted octanol–water partition coefficient (Wildman–Crippen LogP) is 3.41. The van der Waals surface area contributed by atoms with Crippen molar-refractivity contribution in [3.05, 3.63) is 45.4 Å². The first kappa shape index (κ1) is 13.8. The molecule has 2 rings (SSSR count). The minimum absolute atomic E-state index is 0.00727. The summed E-state index contributed by atoms with van der Waals surface area (Å²) >= 11 is 11.6. The maximum atomic E-state index is 13.4. The number of hydrogen-bond donors (Lipinski definition) is 0. The van der Waals surface area contributed by atoms with E-state index in [2.05, 4.69) is 9.84 Å². The Kier molecular flexibility index (Phi) is 3.78. The van der Waals surface area contributed by atoms with Gasteiger partial charge < -0.3 is 4.74 Å². The van der Waals surface area contributed by atoms with Crippen molar-refractivity contribution in [3.8, 4) is 5.69 Å². The van der Waals surface area contributed by atoms with Crippen LogP contribution in [0.3, 0.4) is 0 Å². The Labute approximate surface area is 118 Å². The van der Waals surface area contributed by atoms with E-state index >= 15 is 0 Å². The molecular formula is C12H9Cl2FN2O2. The quantitative estimate of drug-likeness (QED) is 0.799. The van der Waals surface area contributed by atoms with Crippen molar-refractivity contribution in [1.82, 2.24) is 9.78 Å². The largest absolute Gasteiger partial charge is 0.464 e. The molecule has 0 bridgehead atoms. The van der Waals surface area contributed by atoms with E-state index < -0.39 is 11.8 Å². The normalized spacial score (nSPS) is 10.6. The summed E-state index contributed by atoms with van der Waals surface area (Å²) in [7, 11) is 1.23. The SMILES string of the molecule is COC(=O)c1nn(-c2ccc(Cl)c(F)c2)c(C)c1Cl. The Morgan fingerprint density at radius 2 is 2.11 bits per heavy atom. The second-order valence-electron chi connectivity index (χ2n) is 3.75. The predicted molar refractivity (Wildman–Crippen MR) is 69.6 cm³/mol. The zero-order valence-electron chi connectivity index (χ0n) is 10.1. The van der Waals surface area contributed by atoms with Crippen LogP contribution in [0.5, 0.6) is 0 Å². The summed E-state index contributed by atoms with van der Waals surface area (Å²) in [6, 6.07) is 4.18. The second kappa shape index (κ2) is 5.19. The number of carbonyl (C=O) groups is 1. The number of esters is 1. The van der Waals surface area contributed by atoms with Crippen molar-refractivity contribution >= 4 is 29.2 Å². The number of aromatic nitrogens is 2. The zero-order chi connectivity index (χ0) is 14.2. The number of nitrogens with zero attached hydrogens (tertiary/aromatic N) is 2. The van der Waals surface area contributed by atoms with E-state index in [1.807, 2.05) is 0 Å². The van der Waals surface area contributed by atoms with Crippen molar-refractivity contribution in [2.75, 3.05) is 7.11 Å². The van der Waals surface area contributed by atoms with Crippen LogP contribution in [0.1, 0.15) is 16.2 Å². The summed E-state index contributed by atoms with van der Waals surface area (Å²) in [5, 5.41) is 4.20. The molecular weight excluding hydrogens is 294 g/mol. The third-order valence-electron chi connectivity index (χ3n) is 2.57. The van der Waals surface area contributed by atoms with E-state index in [9.17, 15) is 9.18 Å². The molecule has 4 nitrogen and oxygen atoms in total. The fourth-order valence-corrected chi connectivity index (χ4v) is 1.89. The van der Waals surface area contributed by atoms with Crippen LogP contribution in [0.15, 0.2) is 18.2 Å². The molecule has 0 amide bonds. The first-order chi connectivity index (χ1) is 8.95. The van der Waals surface area contributed by atoms with Gasteiger partial charge >= 0.3 is 5.97 Å². The molecule has 1 heterocycles. The molecule has 0 aliphatic heterocycles. The Morgan fingerprint density at radius 3 is 2.68 bits per heavy atom. The average molecular weight is 303 g/mol. The highest BCUT2D eigenvalue weighted by molar-refractivity contribution is 6.34. The standard InChI is InChI=1S/C12H9Cl2FN2O2/c1-6-10(14)11(12(18)19-2)16-17(6)7-3-4-8(13)9(15)5-7/h3-5H,1-2H3. The van der Waals surface area contributed by atoms with Crippen LogP contribution >= 0.6 is 23.2 Å². The van der Waals surface area contributed by atoms with Gasteiger partial charge in [-0.05, 0) is 19.1 Å². The lowest BCUT2D eigenvalue weighted by Crippen LogP contribution is -2.05. The minimum atomic E-state index is -0.652. The molecule has 2 aromatic rings. The van der Waals surface area contributed by atoms with Crippen LogP contribution in [-0.2, 0) is 4.74 Å². The van der Waals surface area contributed by atoms with E-state index in [1.54, 1.807) is 13.0 Å². The molecule has 0 saturated heterocycles. The van der Waals surface area contributed by atoms with E-state index in [0.29, 0.717) is 11.4 Å². The van der Waals surface area contributed by atoms with Gasteiger partial charge in [-0.2, -0.15) is 5.10 Å². The Hall–Kier alpha value is -1.59. The van der Waals surface area contributed by atoms with Crippen molar-refractivity contribution in [2.45, 2.75) is 6.92 Å². The molecule has 0 aliphatic rings. The van der Waals surface area contributed by atoms with Gasteiger partial charge in [0.05, 0.1) is 28.5 Å². The summed E-state index contributed by atoms with van der Waals surface area (Å²) in [6.45, 7) is 1.66. The maximum absolute atomic E-state index is 13.4. The Balaban J connectivity index is 2.57. The highest BCUT2D eigenvalue weighted by atomic mass is 35.5. The Bertz CT molecular complexity index is 655. The number of halogens is 3. The van der Waals surface area contributed by atoms with E-state index in [0.717, 1.165) is 0 Å². The molecule has 7 heteroatoms. The number of rotatable bonds is 2. The highest BCUT2D eigenvalue weighted by Crippen LogP contribution is 2.25. The van der Waals surface area contributed by atoms with Crippen molar-refractivity contribution in [1.29, 1.82) is 0 Å². The third kappa shape index (κ3) is 2.43. The summed E-state index contributed by atoms with van der Waals surface area (Å²) in [5.74, 6) is -1.23. The van der Waals surface area contributed by atoms with Gasteiger partial charge in [0.25, 0.3) is 0 Å². The first-order valence-corrected chi connectivity index (χ1v) is 6.00. The molecule has 0 radical (unpaired) electrons. The van der Waals surface area contributed by atoms with Crippen LogP contribution in [0.4, 0.5) is 4.39 Å². The first-order valence-electron chi connectivity index (χ1n) is 5.24. The lowest BCUT2D eigenvalue weighted by molar-refractivity contribution is 0.0593. The smallest absolute Gasteiger partial charge is 0.360 e. The van der Waals surface area contributed by atoms with Gasteiger partial charge in [-0.1, -0.05) is 23.2 Å². The monoisotopic (exact) mass is 302 g/mol. The van der Waals surface area contributed by atoms with E-state index in [-0.39, 0.29) is 15.7 Å². The third-order valence-corrected chi connectivity index (χ3v) is 3.33. The van der Waals surface area contributed by atoms with Crippen molar-refractivity contribution < 1.29 is 13.9 Å². The molecule has 0 fully saturated rings. The fraction of sp³-hybridized carbons (Fsp3) is 0.167. The molecule has 0 atom stereocenters. The summed E-state index contributed by atoms with van der Waals surface area (Å²) < 4.78 is 19.4. The van der Waals surface area contributed by atoms with Gasteiger partial charge in [0.2, 0.25) is 0 Å². The van der Waals surface area contributed by atoms with Crippen molar-refractivity contribution in [2.24, 2.45) is 0 Å². The molecule has 0 spiro atoms. The number of benzene rings is 1. The summed E-state index contributed by atoms with van der Waals surface area (Å²) in [6.07, 6.45) is 0. The van der Waals surface area contributed by atoms with Crippen LogP contribution < -0.4 is 0 Å². The second-order valence-corrected chi connectivity index (χ2v) is 4.53. The van der Waals surface area contributed by atoms with Crippen molar-refractivity contribution in [3.63, 3.8) is 0 Å². The van der Waals surface area contributed by atoms with Crippen LogP contribution in [0.2, 0.25) is 10.0 Å². The summed E-state index contributed by atoms with van der Waals surface area (Å²) in [5.41, 5.74) is 0.900. The number of ether oxygens (including phenoxy) is 1. The number of methoxy groups -OCH3 is 1. The van der Waals surface area contributed by atoms with Crippen LogP contribution in [0, 0.1) is 12.7 Å².